The number of aliphatic imine (C=N–C) groups is 1. The van der Waals surface area contributed by atoms with Crippen LogP contribution in [0.15, 0.2) is 11.3 Å². The monoisotopic (exact) mass is 307 g/mol. The third kappa shape index (κ3) is 5.29. The van der Waals surface area contributed by atoms with Crippen molar-refractivity contribution in [1.29, 1.82) is 0 Å². The molecule has 2 rings (SSSR count). The van der Waals surface area contributed by atoms with E-state index in [1.165, 1.54) is 32.4 Å². The van der Waals surface area contributed by atoms with Crippen molar-refractivity contribution >= 4 is 5.96 Å². The van der Waals surface area contributed by atoms with Crippen LogP contribution >= 0.6 is 0 Å². The Hall–Kier alpha value is -1.63. The zero-order valence-electron chi connectivity index (χ0n) is 13.9. The fourth-order valence-electron chi connectivity index (χ4n) is 2.77. The zero-order chi connectivity index (χ0) is 15.6. The number of piperidine rings is 1. The molecule has 0 atom stereocenters. The van der Waals surface area contributed by atoms with Crippen LogP contribution in [0.1, 0.15) is 32.0 Å². The van der Waals surface area contributed by atoms with Crippen molar-refractivity contribution in [3.05, 3.63) is 12.2 Å². The third-order valence-corrected chi connectivity index (χ3v) is 4.05. The molecule has 0 spiro atoms. The predicted octanol–water partition coefficient (Wildman–Crippen LogP) is 0.491. The molecular formula is C15H29N7. The van der Waals surface area contributed by atoms with Crippen LogP contribution in [-0.2, 0) is 13.0 Å². The summed E-state index contributed by atoms with van der Waals surface area (Å²) >= 11 is 0. The zero-order valence-corrected chi connectivity index (χ0v) is 13.9. The second-order valence-electron chi connectivity index (χ2n) is 5.62. The molecule has 0 bridgehead atoms. The lowest BCUT2D eigenvalue weighted by molar-refractivity contribution is 0.232. The SMILES string of the molecule is CCc1nncn1CCNC(=NC)NCCN1CCCCC1. The van der Waals surface area contributed by atoms with Crippen molar-refractivity contribution in [2.75, 3.05) is 39.8 Å². The standard InChI is InChI=1S/C15H29N7/c1-3-14-20-19-13-22(14)12-8-18-15(16-2)17-7-11-21-9-5-4-6-10-21/h13H,3-12H2,1-2H3,(H2,16,17,18). The fraction of sp³-hybridized carbons (Fsp3) is 0.800. The van der Waals surface area contributed by atoms with E-state index in [-0.39, 0.29) is 0 Å². The second kappa shape index (κ2) is 9.40. The predicted molar refractivity (Wildman–Crippen MR) is 89.1 cm³/mol. The van der Waals surface area contributed by atoms with Crippen LogP contribution in [0, 0.1) is 0 Å². The Labute approximate surface area is 133 Å². The summed E-state index contributed by atoms with van der Waals surface area (Å²) in [4.78, 5) is 6.79. The number of aromatic nitrogens is 3. The van der Waals surface area contributed by atoms with E-state index in [9.17, 15) is 0 Å². The van der Waals surface area contributed by atoms with Gasteiger partial charge >= 0.3 is 0 Å². The Kier molecular flexibility index (Phi) is 7.15. The molecule has 1 aromatic rings. The highest BCUT2D eigenvalue weighted by atomic mass is 15.3. The highest BCUT2D eigenvalue weighted by Crippen LogP contribution is 2.07. The molecule has 1 aliphatic heterocycles. The smallest absolute Gasteiger partial charge is 0.191 e. The lowest BCUT2D eigenvalue weighted by Gasteiger charge is -2.26. The van der Waals surface area contributed by atoms with Crippen LogP contribution in [-0.4, -0.2) is 65.4 Å². The Morgan fingerprint density at radius 2 is 1.91 bits per heavy atom. The topological polar surface area (TPSA) is 70.4 Å². The van der Waals surface area contributed by atoms with Gasteiger partial charge in [-0.1, -0.05) is 13.3 Å². The number of rotatable bonds is 7. The van der Waals surface area contributed by atoms with Crippen molar-refractivity contribution in [2.24, 2.45) is 4.99 Å². The van der Waals surface area contributed by atoms with Crippen molar-refractivity contribution in [2.45, 2.75) is 39.2 Å². The number of guanidine groups is 1. The molecule has 2 N–H and O–H groups in total. The van der Waals surface area contributed by atoms with Crippen LogP contribution < -0.4 is 10.6 Å². The van der Waals surface area contributed by atoms with Crippen LogP contribution in [0.5, 0.6) is 0 Å². The molecule has 0 saturated carbocycles. The number of hydrogen-bond donors (Lipinski definition) is 2. The molecular weight excluding hydrogens is 278 g/mol. The first-order valence-electron chi connectivity index (χ1n) is 8.37. The van der Waals surface area contributed by atoms with E-state index in [1.807, 2.05) is 7.05 Å². The average molecular weight is 307 g/mol. The molecule has 0 unspecified atom stereocenters. The van der Waals surface area contributed by atoms with E-state index in [0.717, 1.165) is 44.4 Å². The summed E-state index contributed by atoms with van der Waals surface area (Å²) in [5.74, 6) is 1.89. The van der Waals surface area contributed by atoms with Crippen molar-refractivity contribution in [3.8, 4) is 0 Å². The van der Waals surface area contributed by atoms with Gasteiger partial charge in [0.2, 0.25) is 0 Å². The van der Waals surface area contributed by atoms with Crippen LogP contribution in [0.2, 0.25) is 0 Å². The first-order chi connectivity index (χ1) is 10.8. The van der Waals surface area contributed by atoms with E-state index in [0.29, 0.717) is 0 Å². The van der Waals surface area contributed by atoms with E-state index < -0.39 is 0 Å². The largest absolute Gasteiger partial charge is 0.355 e. The molecule has 22 heavy (non-hydrogen) atoms. The Morgan fingerprint density at radius 3 is 2.59 bits per heavy atom. The van der Waals surface area contributed by atoms with Gasteiger partial charge in [-0.25, -0.2) is 0 Å². The molecule has 7 nitrogen and oxygen atoms in total. The van der Waals surface area contributed by atoms with E-state index >= 15 is 0 Å². The average Bonchev–Trinajstić information content (AvgIpc) is 3.02. The second-order valence-corrected chi connectivity index (χ2v) is 5.62. The van der Waals surface area contributed by atoms with Crippen LogP contribution in [0.4, 0.5) is 0 Å². The number of hydrogen-bond acceptors (Lipinski definition) is 4. The summed E-state index contributed by atoms with van der Waals surface area (Å²) in [7, 11) is 1.81. The highest BCUT2D eigenvalue weighted by molar-refractivity contribution is 5.79. The van der Waals surface area contributed by atoms with Gasteiger partial charge in [0, 0.05) is 39.6 Å². The maximum atomic E-state index is 4.27. The summed E-state index contributed by atoms with van der Waals surface area (Å²) in [6.07, 6.45) is 6.75. The normalized spacial score (nSPS) is 16.7. The van der Waals surface area contributed by atoms with E-state index in [4.69, 9.17) is 0 Å². The minimum atomic E-state index is 0.814. The lowest BCUT2D eigenvalue weighted by atomic mass is 10.1. The molecule has 1 aromatic heterocycles. The molecule has 0 aliphatic carbocycles. The van der Waals surface area contributed by atoms with E-state index in [2.05, 4.69) is 42.2 Å². The Bertz CT molecular complexity index is 448. The first-order valence-corrected chi connectivity index (χ1v) is 8.37. The van der Waals surface area contributed by atoms with Gasteiger partial charge < -0.3 is 20.1 Å². The van der Waals surface area contributed by atoms with Gasteiger partial charge in [-0.15, -0.1) is 10.2 Å². The van der Waals surface area contributed by atoms with Crippen molar-refractivity contribution in [1.82, 2.24) is 30.3 Å². The van der Waals surface area contributed by atoms with Gasteiger partial charge in [0.05, 0.1) is 0 Å². The molecule has 0 radical (unpaired) electrons. The molecule has 0 amide bonds. The van der Waals surface area contributed by atoms with Crippen LogP contribution in [0.25, 0.3) is 0 Å². The van der Waals surface area contributed by atoms with Gasteiger partial charge in [0.1, 0.15) is 12.2 Å². The Balaban J connectivity index is 1.62. The van der Waals surface area contributed by atoms with E-state index in [1.54, 1.807) is 6.33 Å². The molecule has 0 aromatic carbocycles. The third-order valence-electron chi connectivity index (χ3n) is 4.05. The van der Waals surface area contributed by atoms with Crippen molar-refractivity contribution < 1.29 is 0 Å². The Morgan fingerprint density at radius 1 is 1.18 bits per heavy atom. The molecule has 1 fully saturated rings. The summed E-state index contributed by atoms with van der Waals surface area (Å²) in [6, 6.07) is 0. The van der Waals surface area contributed by atoms with Gasteiger partial charge in [0.15, 0.2) is 5.96 Å². The number of nitrogens with one attached hydrogen (secondary N) is 2. The number of aryl methyl sites for hydroxylation is 1. The minimum Gasteiger partial charge on any atom is -0.355 e. The van der Waals surface area contributed by atoms with Crippen molar-refractivity contribution in [3.63, 3.8) is 0 Å². The highest BCUT2D eigenvalue weighted by Gasteiger charge is 2.09. The van der Waals surface area contributed by atoms with Gasteiger partial charge in [-0.3, -0.25) is 4.99 Å². The molecule has 1 aliphatic rings. The maximum absolute atomic E-state index is 4.27. The van der Waals surface area contributed by atoms with Gasteiger partial charge in [-0.2, -0.15) is 0 Å². The van der Waals surface area contributed by atoms with Gasteiger partial charge in [0.25, 0.3) is 0 Å². The summed E-state index contributed by atoms with van der Waals surface area (Å²) in [5, 5.41) is 14.8. The molecule has 1 saturated heterocycles. The fourth-order valence-corrected chi connectivity index (χ4v) is 2.77. The summed E-state index contributed by atoms with van der Waals surface area (Å²) in [6.45, 7) is 8.26. The number of nitrogens with zero attached hydrogens (tertiary/aromatic N) is 5. The summed E-state index contributed by atoms with van der Waals surface area (Å²) in [5.41, 5.74) is 0. The van der Waals surface area contributed by atoms with Gasteiger partial charge in [-0.05, 0) is 25.9 Å². The minimum absolute atomic E-state index is 0.814. The molecule has 7 heteroatoms. The molecule has 2 heterocycles. The first kappa shape index (κ1) is 16.7. The maximum Gasteiger partial charge on any atom is 0.191 e. The number of likely N-dealkylation sites (tertiary alicyclic amines) is 1. The van der Waals surface area contributed by atoms with Crippen LogP contribution in [0.3, 0.4) is 0 Å². The molecule has 124 valence electrons. The quantitative estimate of drug-likeness (QED) is 0.567. The lowest BCUT2D eigenvalue weighted by Crippen LogP contribution is -2.43. The summed E-state index contributed by atoms with van der Waals surface area (Å²) < 4.78 is 2.08.